The average Bonchev–Trinajstić information content (AvgIpc) is 3.13. The molecule has 1 atom stereocenters. The normalized spacial score (nSPS) is 15.1. The van der Waals surface area contributed by atoms with Crippen LogP contribution in [-0.4, -0.2) is 36.7 Å². The number of nitrogens with zero attached hydrogens (tertiary/aromatic N) is 1. The van der Waals surface area contributed by atoms with Crippen LogP contribution in [0.2, 0.25) is 0 Å². The fourth-order valence-corrected chi connectivity index (χ4v) is 3.74. The van der Waals surface area contributed by atoms with Crippen molar-refractivity contribution in [2.24, 2.45) is 0 Å². The van der Waals surface area contributed by atoms with Gasteiger partial charge < -0.3 is 15.4 Å². The molecule has 1 heterocycles. The number of halogens is 3. The standard InChI is InChI=1S/C26H22F3N3O3S/c1-15-2-4-16(5-3-15)17-6-9-22(23(33)11-7-17)31-21-10-8-18(12-20(21)27)32-14-19(35-26(32)34)13-30-25(36)24(28)29/h2-12,19,24H,13-14H2,1H3,(H,30,36)(H,31,33). The number of carbonyl (C=O) groups excluding carboxylic acids is 1. The minimum absolute atomic E-state index is 0.0327. The van der Waals surface area contributed by atoms with Gasteiger partial charge in [0.25, 0.3) is 6.43 Å². The number of anilines is 3. The smallest absolute Gasteiger partial charge is 0.414 e. The predicted molar refractivity (Wildman–Crippen MR) is 137 cm³/mol. The first-order valence-electron chi connectivity index (χ1n) is 11.0. The molecule has 36 heavy (non-hydrogen) atoms. The van der Waals surface area contributed by atoms with Gasteiger partial charge in [-0.05, 0) is 48.4 Å². The van der Waals surface area contributed by atoms with Gasteiger partial charge in [0.1, 0.15) is 16.9 Å². The molecule has 1 aliphatic heterocycles. The van der Waals surface area contributed by atoms with Gasteiger partial charge in [0.05, 0.1) is 30.2 Å². The first-order valence-corrected chi connectivity index (χ1v) is 11.4. The summed E-state index contributed by atoms with van der Waals surface area (Å²) in [5.74, 6) is -0.689. The van der Waals surface area contributed by atoms with Crippen molar-refractivity contribution in [1.29, 1.82) is 0 Å². The second kappa shape index (κ2) is 10.8. The summed E-state index contributed by atoms with van der Waals surface area (Å²) < 4.78 is 45.1. The number of cyclic esters (lactones) is 1. The van der Waals surface area contributed by atoms with E-state index < -0.39 is 29.4 Å². The summed E-state index contributed by atoms with van der Waals surface area (Å²) in [6.45, 7) is 1.93. The molecule has 0 spiro atoms. The summed E-state index contributed by atoms with van der Waals surface area (Å²) in [6, 6.07) is 18.4. The first-order chi connectivity index (χ1) is 17.2. The van der Waals surface area contributed by atoms with Crippen LogP contribution < -0.4 is 21.0 Å². The first kappa shape index (κ1) is 25.2. The van der Waals surface area contributed by atoms with Crippen LogP contribution in [-0.2, 0) is 4.74 Å². The molecule has 1 fully saturated rings. The van der Waals surface area contributed by atoms with E-state index in [0.29, 0.717) is 0 Å². The molecule has 3 aromatic rings. The van der Waals surface area contributed by atoms with Crippen molar-refractivity contribution in [1.82, 2.24) is 5.32 Å². The van der Waals surface area contributed by atoms with Crippen molar-refractivity contribution in [2.75, 3.05) is 23.3 Å². The van der Waals surface area contributed by atoms with Crippen molar-refractivity contribution in [3.05, 3.63) is 88.3 Å². The minimum Gasteiger partial charge on any atom is -0.442 e. The Balaban J connectivity index is 1.47. The molecule has 3 aromatic carbocycles. The highest BCUT2D eigenvalue weighted by Crippen LogP contribution is 2.27. The van der Waals surface area contributed by atoms with E-state index in [0.717, 1.165) is 22.8 Å². The van der Waals surface area contributed by atoms with Crippen molar-refractivity contribution < 1.29 is 22.7 Å². The maximum Gasteiger partial charge on any atom is 0.414 e. The molecule has 186 valence electrons. The monoisotopic (exact) mass is 513 g/mol. The highest BCUT2D eigenvalue weighted by Gasteiger charge is 2.33. The van der Waals surface area contributed by atoms with E-state index in [1.165, 1.54) is 23.1 Å². The minimum atomic E-state index is -2.81. The third-order valence-electron chi connectivity index (χ3n) is 5.60. The Labute approximate surface area is 210 Å². The number of hydrogen-bond acceptors (Lipinski definition) is 5. The molecular formula is C26H22F3N3O3S. The van der Waals surface area contributed by atoms with Gasteiger partial charge in [0.2, 0.25) is 5.43 Å². The number of amides is 1. The van der Waals surface area contributed by atoms with Gasteiger partial charge in [-0.1, -0.05) is 54.2 Å². The number of benzene rings is 2. The molecule has 2 N–H and O–H groups in total. The van der Waals surface area contributed by atoms with Crippen molar-refractivity contribution >= 4 is 40.4 Å². The Morgan fingerprint density at radius 1 is 1.03 bits per heavy atom. The number of thiocarbonyl (C=S) groups is 1. The van der Waals surface area contributed by atoms with Crippen molar-refractivity contribution in [3.8, 4) is 11.1 Å². The van der Waals surface area contributed by atoms with Crippen LogP contribution in [0.3, 0.4) is 0 Å². The van der Waals surface area contributed by atoms with Gasteiger partial charge in [-0.2, -0.15) is 0 Å². The van der Waals surface area contributed by atoms with Crippen LogP contribution in [0.5, 0.6) is 0 Å². The van der Waals surface area contributed by atoms with Crippen molar-refractivity contribution in [2.45, 2.75) is 19.5 Å². The Kier molecular flexibility index (Phi) is 7.54. The Hall–Kier alpha value is -3.92. The molecule has 0 bridgehead atoms. The Morgan fingerprint density at radius 3 is 2.33 bits per heavy atom. The van der Waals surface area contributed by atoms with E-state index in [-0.39, 0.29) is 35.6 Å². The zero-order chi connectivity index (χ0) is 25.8. The van der Waals surface area contributed by atoms with Gasteiger partial charge >= 0.3 is 6.09 Å². The van der Waals surface area contributed by atoms with Gasteiger partial charge in [-0.15, -0.1) is 0 Å². The highest BCUT2D eigenvalue weighted by molar-refractivity contribution is 7.80. The molecule has 10 heteroatoms. The topological polar surface area (TPSA) is 70.7 Å². The van der Waals surface area contributed by atoms with Crippen molar-refractivity contribution in [3.63, 3.8) is 0 Å². The third kappa shape index (κ3) is 5.83. The lowest BCUT2D eigenvalue weighted by Gasteiger charge is -2.15. The maximum absolute atomic E-state index is 14.9. The SMILES string of the molecule is Cc1ccc(-c2ccc(Nc3ccc(N4CC(CNC(=S)C(F)F)OC4=O)cc3F)c(=O)cc2)cc1. The lowest BCUT2D eigenvalue weighted by atomic mass is 10.1. The zero-order valence-electron chi connectivity index (χ0n) is 19.1. The predicted octanol–water partition coefficient (Wildman–Crippen LogP) is 5.41. The van der Waals surface area contributed by atoms with E-state index >= 15 is 0 Å². The number of hydrogen-bond donors (Lipinski definition) is 2. The van der Waals surface area contributed by atoms with E-state index in [1.54, 1.807) is 18.2 Å². The summed E-state index contributed by atoms with van der Waals surface area (Å²) in [5, 5.41) is 5.16. The zero-order valence-corrected chi connectivity index (χ0v) is 20.0. The second-order valence-corrected chi connectivity index (χ2v) is 8.66. The van der Waals surface area contributed by atoms with Crippen LogP contribution in [0.15, 0.2) is 71.5 Å². The van der Waals surface area contributed by atoms with Crippen LogP contribution in [0, 0.1) is 12.7 Å². The Morgan fingerprint density at radius 2 is 1.67 bits per heavy atom. The summed E-state index contributed by atoms with van der Waals surface area (Å²) in [7, 11) is 0. The van der Waals surface area contributed by atoms with E-state index in [4.69, 9.17) is 4.74 Å². The highest BCUT2D eigenvalue weighted by atomic mass is 32.1. The van der Waals surface area contributed by atoms with Crippen LogP contribution in [0.4, 0.5) is 35.0 Å². The number of rotatable bonds is 7. The quantitative estimate of drug-likeness (QED) is 0.412. The number of carbonyl (C=O) groups is 1. The van der Waals surface area contributed by atoms with E-state index in [2.05, 4.69) is 22.9 Å². The number of aryl methyl sites for hydroxylation is 1. The van der Waals surface area contributed by atoms with Gasteiger partial charge in [0.15, 0.2) is 0 Å². The molecule has 0 radical (unpaired) electrons. The number of nitrogens with one attached hydrogen (secondary N) is 2. The molecule has 0 aliphatic carbocycles. The molecule has 1 saturated heterocycles. The largest absolute Gasteiger partial charge is 0.442 e. The van der Waals surface area contributed by atoms with Crippen LogP contribution in [0.25, 0.3) is 11.1 Å². The van der Waals surface area contributed by atoms with Gasteiger partial charge in [-0.25, -0.2) is 18.0 Å². The second-order valence-electron chi connectivity index (χ2n) is 8.22. The molecule has 0 aromatic heterocycles. The molecule has 6 nitrogen and oxygen atoms in total. The molecule has 4 rings (SSSR count). The summed E-state index contributed by atoms with van der Waals surface area (Å²) >= 11 is 4.51. The average molecular weight is 514 g/mol. The van der Waals surface area contributed by atoms with Gasteiger partial charge in [-0.3, -0.25) is 9.69 Å². The summed E-state index contributed by atoms with van der Waals surface area (Å²) in [4.78, 5) is 25.3. The third-order valence-corrected chi connectivity index (χ3v) is 5.93. The van der Waals surface area contributed by atoms with E-state index in [9.17, 15) is 22.8 Å². The molecule has 0 saturated carbocycles. The molecule has 1 aliphatic rings. The van der Waals surface area contributed by atoms with Crippen LogP contribution >= 0.6 is 12.2 Å². The summed E-state index contributed by atoms with van der Waals surface area (Å²) in [6.07, 6.45) is -4.27. The summed E-state index contributed by atoms with van der Waals surface area (Å²) in [5.41, 5.74) is 3.03. The van der Waals surface area contributed by atoms with Gasteiger partial charge in [0, 0.05) is 0 Å². The fourth-order valence-electron chi connectivity index (χ4n) is 3.66. The Bertz CT molecular complexity index is 1350. The lowest BCUT2D eigenvalue weighted by Crippen LogP contribution is -2.36. The molecular weight excluding hydrogens is 491 g/mol. The molecule has 1 unspecified atom stereocenters. The number of alkyl halides is 2. The molecule has 1 amide bonds. The lowest BCUT2D eigenvalue weighted by molar-refractivity contribution is 0.142. The van der Waals surface area contributed by atoms with E-state index in [1.807, 2.05) is 31.2 Å². The number of ether oxygens (including phenoxy) is 1. The fraction of sp³-hybridized carbons (Fsp3) is 0.192. The van der Waals surface area contributed by atoms with Crippen LogP contribution in [0.1, 0.15) is 5.56 Å². The maximum atomic E-state index is 14.9.